The molecule has 38 heavy (non-hydrogen) atoms. The zero-order valence-corrected chi connectivity index (χ0v) is 22.5. The van der Waals surface area contributed by atoms with Crippen LogP contribution in [0, 0.1) is 5.92 Å². The SMILES string of the molecule is CC(C)C(N)C(=O)NC(CCCCN)C(=O)O.NCCCCC(NC(=O)C(N)Cc1ccccc1)C(=O)O. The van der Waals surface area contributed by atoms with E-state index in [4.69, 9.17) is 33.1 Å². The minimum atomic E-state index is -1.05. The quantitative estimate of drug-likeness (QED) is 0.123. The van der Waals surface area contributed by atoms with Gasteiger partial charge in [0.05, 0.1) is 12.1 Å². The van der Waals surface area contributed by atoms with E-state index < -0.39 is 47.9 Å². The van der Waals surface area contributed by atoms with Gasteiger partial charge in [0.1, 0.15) is 12.1 Å². The highest BCUT2D eigenvalue weighted by atomic mass is 16.4. The maximum Gasteiger partial charge on any atom is 0.326 e. The number of hydrogen-bond acceptors (Lipinski definition) is 8. The maximum atomic E-state index is 12.0. The monoisotopic (exact) mass is 538 g/mol. The molecule has 12 N–H and O–H groups in total. The number of benzene rings is 1. The van der Waals surface area contributed by atoms with Gasteiger partial charge in [-0.3, -0.25) is 9.59 Å². The fourth-order valence-electron chi connectivity index (χ4n) is 3.31. The third-order valence-electron chi connectivity index (χ3n) is 5.78. The van der Waals surface area contributed by atoms with Crippen LogP contribution in [0.1, 0.15) is 57.9 Å². The molecule has 1 rings (SSSR count). The number of carboxylic acids is 2. The predicted molar refractivity (Wildman–Crippen MR) is 146 cm³/mol. The van der Waals surface area contributed by atoms with Gasteiger partial charge in [-0.25, -0.2) is 9.59 Å². The van der Waals surface area contributed by atoms with Gasteiger partial charge in [-0.15, -0.1) is 0 Å². The van der Waals surface area contributed by atoms with Crippen molar-refractivity contribution < 1.29 is 29.4 Å². The third kappa shape index (κ3) is 15.3. The lowest BCUT2D eigenvalue weighted by Crippen LogP contribution is -2.50. The summed E-state index contributed by atoms with van der Waals surface area (Å²) in [5.41, 5.74) is 23.1. The first-order chi connectivity index (χ1) is 17.9. The Morgan fingerprint density at radius 1 is 0.763 bits per heavy atom. The molecule has 0 fully saturated rings. The number of carboxylic acid groups (broad SMARTS) is 2. The Hall–Kier alpha value is -3.06. The van der Waals surface area contributed by atoms with Crippen molar-refractivity contribution in [2.45, 2.75) is 83.0 Å². The average Bonchev–Trinajstić information content (AvgIpc) is 2.87. The lowest BCUT2D eigenvalue weighted by Gasteiger charge is -2.19. The predicted octanol–water partition coefficient (Wildman–Crippen LogP) is -0.0771. The van der Waals surface area contributed by atoms with E-state index in [2.05, 4.69) is 10.6 Å². The molecular weight excluding hydrogens is 492 g/mol. The van der Waals surface area contributed by atoms with Crippen LogP contribution in [0.15, 0.2) is 30.3 Å². The average molecular weight is 539 g/mol. The molecule has 0 aromatic heterocycles. The number of unbranched alkanes of at least 4 members (excludes halogenated alkanes) is 2. The van der Waals surface area contributed by atoms with E-state index in [9.17, 15) is 19.2 Å². The Morgan fingerprint density at radius 2 is 1.21 bits per heavy atom. The van der Waals surface area contributed by atoms with Crippen LogP contribution < -0.4 is 33.6 Å². The van der Waals surface area contributed by atoms with Crippen LogP contribution in [0.2, 0.25) is 0 Å². The largest absolute Gasteiger partial charge is 0.480 e. The molecule has 216 valence electrons. The molecule has 4 unspecified atom stereocenters. The molecule has 4 atom stereocenters. The van der Waals surface area contributed by atoms with Crippen LogP contribution in [0.5, 0.6) is 0 Å². The van der Waals surface area contributed by atoms with Crippen molar-refractivity contribution in [1.82, 2.24) is 10.6 Å². The third-order valence-corrected chi connectivity index (χ3v) is 5.78. The molecule has 0 heterocycles. The maximum absolute atomic E-state index is 12.0. The van der Waals surface area contributed by atoms with Gasteiger partial charge in [0.15, 0.2) is 0 Å². The Labute approximate surface area is 224 Å². The van der Waals surface area contributed by atoms with Crippen LogP contribution in [0.4, 0.5) is 0 Å². The first-order valence-electron chi connectivity index (χ1n) is 13.0. The van der Waals surface area contributed by atoms with Crippen molar-refractivity contribution in [3.05, 3.63) is 35.9 Å². The molecule has 0 aliphatic heterocycles. The summed E-state index contributed by atoms with van der Waals surface area (Å²) >= 11 is 0. The number of hydrogen-bond donors (Lipinski definition) is 8. The summed E-state index contributed by atoms with van der Waals surface area (Å²) in [5, 5.41) is 23.0. The summed E-state index contributed by atoms with van der Waals surface area (Å²) < 4.78 is 0. The van der Waals surface area contributed by atoms with E-state index in [0.717, 1.165) is 18.4 Å². The molecule has 0 aliphatic carbocycles. The van der Waals surface area contributed by atoms with Crippen LogP contribution in [-0.4, -0.2) is 71.2 Å². The highest BCUT2D eigenvalue weighted by Gasteiger charge is 2.24. The lowest BCUT2D eigenvalue weighted by atomic mass is 10.0. The smallest absolute Gasteiger partial charge is 0.326 e. The van der Waals surface area contributed by atoms with E-state index in [1.54, 1.807) is 0 Å². The number of aliphatic carboxylic acids is 2. The first-order valence-corrected chi connectivity index (χ1v) is 13.0. The second kappa shape index (κ2) is 20.0. The van der Waals surface area contributed by atoms with E-state index in [-0.39, 0.29) is 5.92 Å². The number of amides is 2. The van der Waals surface area contributed by atoms with Crippen molar-refractivity contribution in [1.29, 1.82) is 0 Å². The van der Waals surface area contributed by atoms with Gasteiger partial charge in [0.25, 0.3) is 0 Å². The van der Waals surface area contributed by atoms with E-state index in [1.165, 1.54) is 0 Å². The molecule has 0 bridgehead atoms. The zero-order chi connectivity index (χ0) is 29.1. The van der Waals surface area contributed by atoms with Crippen LogP contribution >= 0.6 is 0 Å². The van der Waals surface area contributed by atoms with Crippen molar-refractivity contribution in [2.75, 3.05) is 13.1 Å². The van der Waals surface area contributed by atoms with Gasteiger partial charge in [-0.05, 0) is 69.5 Å². The summed E-state index contributed by atoms with van der Waals surface area (Å²) in [6.45, 7) is 4.66. The molecule has 12 heteroatoms. The molecule has 0 saturated heterocycles. The van der Waals surface area contributed by atoms with Gasteiger partial charge in [0.2, 0.25) is 11.8 Å². The fraction of sp³-hybridized carbons (Fsp3) is 0.615. The van der Waals surface area contributed by atoms with Crippen molar-refractivity contribution in [2.24, 2.45) is 28.9 Å². The van der Waals surface area contributed by atoms with Crippen molar-refractivity contribution >= 4 is 23.8 Å². The molecule has 0 aliphatic rings. The van der Waals surface area contributed by atoms with Crippen LogP contribution in [0.3, 0.4) is 0 Å². The lowest BCUT2D eigenvalue weighted by molar-refractivity contribution is -0.142. The standard InChI is InChI=1S/C15H23N3O3.C11H23N3O3/c16-9-5-4-8-13(15(20)21)18-14(19)12(17)10-11-6-2-1-3-7-11;1-7(2)9(13)10(15)14-8(11(16)17)5-3-4-6-12/h1-3,6-7,12-13H,4-5,8-10,16-17H2,(H,18,19)(H,20,21);7-9H,3-6,12-13H2,1-2H3,(H,14,15)(H,16,17). The molecular formula is C26H46N6O6. The summed E-state index contributed by atoms with van der Waals surface area (Å²) in [6, 6.07) is 6.15. The van der Waals surface area contributed by atoms with E-state index in [1.807, 2.05) is 44.2 Å². The Morgan fingerprint density at radius 3 is 1.61 bits per heavy atom. The molecule has 12 nitrogen and oxygen atoms in total. The summed E-state index contributed by atoms with van der Waals surface area (Å²) in [5.74, 6) is -2.97. The van der Waals surface area contributed by atoms with Gasteiger partial charge in [-0.1, -0.05) is 44.2 Å². The summed E-state index contributed by atoms with van der Waals surface area (Å²) in [4.78, 5) is 45.6. The topological polar surface area (TPSA) is 237 Å². The highest BCUT2D eigenvalue weighted by molar-refractivity contribution is 5.87. The molecule has 0 radical (unpaired) electrons. The highest BCUT2D eigenvalue weighted by Crippen LogP contribution is 2.05. The summed E-state index contributed by atoms with van der Waals surface area (Å²) in [7, 11) is 0. The van der Waals surface area contributed by atoms with Crippen molar-refractivity contribution in [3.63, 3.8) is 0 Å². The number of carbonyl (C=O) groups is 4. The molecule has 0 saturated carbocycles. The molecule has 0 spiro atoms. The molecule has 1 aromatic rings. The number of carbonyl (C=O) groups excluding carboxylic acids is 2. The van der Waals surface area contributed by atoms with Gasteiger partial charge >= 0.3 is 11.9 Å². The molecule has 1 aromatic carbocycles. The normalized spacial score (nSPS) is 13.9. The Kier molecular flexibility index (Phi) is 18.4. The summed E-state index contributed by atoms with van der Waals surface area (Å²) in [6.07, 6.45) is 3.92. The second-order valence-corrected chi connectivity index (χ2v) is 9.43. The number of nitrogens with one attached hydrogen (secondary N) is 2. The van der Waals surface area contributed by atoms with E-state index >= 15 is 0 Å². The minimum absolute atomic E-state index is 0.0199. The molecule has 2 amide bonds. The minimum Gasteiger partial charge on any atom is -0.480 e. The van der Waals surface area contributed by atoms with Gasteiger partial charge < -0.3 is 43.8 Å². The van der Waals surface area contributed by atoms with Crippen molar-refractivity contribution in [3.8, 4) is 0 Å². The first kappa shape index (κ1) is 34.9. The number of rotatable bonds is 17. The Balaban J connectivity index is 0.000000739. The fourth-order valence-corrected chi connectivity index (χ4v) is 3.31. The zero-order valence-electron chi connectivity index (χ0n) is 22.5. The Bertz CT molecular complexity index is 839. The van der Waals surface area contributed by atoms with E-state index in [0.29, 0.717) is 45.2 Å². The number of nitrogens with two attached hydrogens (primary N) is 4. The van der Waals surface area contributed by atoms with Crippen LogP contribution in [0.25, 0.3) is 0 Å². The van der Waals surface area contributed by atoms with Gasteiger partial charge in [-0.2, -0.15) is 0 Å². The van der Waals surface area contributed by atoms with Crippen LogP contribution in [-0.2, 0) is 25.6 Å². The van der Waals surface area contributed by atoms with Gasteiger partial charge in [0, 0.05) is 0 Å². The second-order valence-electron chi connectivity index (χ2n) is 9.43.